The minimum atomic E-state index is -2.59. The minimum Gasteiger partial charge on any atom is -0.387 e. The second-order valence-corrected chi connectivity index (χ2v) is 10.1. The lowest BCUT2D eigenvalue weighted by Gasteiger charge is -2.40. The van der Waals surface area contributed by atoms with E-state index in [9.17, 15) is 24.1 Å². The first kappa shape index (κ1) is 25.3. The van der Waals surface area contributed by atoms with E-state index in [0.717, 1.165) is 34.2 Å². The standard InChI is InChI=1S/C27H32F2O4S/c1-3-17-8-9-20(25-23(31)22(30)24(32)26(33-25)34-2)15-21(17)14-16-4-6-18(7-5-16)19-10-12-27(28,29)13-11-19/h4-10,15,22-26,30-32H,3,11-14H2,1-2H3/t22-,23-,24+,25?,26-/m1/s1. The Bertz CT molecular complexity index is 1020. The van der Waals surface area contributed by atoms with Crippen LogP contribution in [0.15, 0.2) is 48.5 Å². The molecular weight excluding hydrogens is 458 g/mol. The fraction of sp³-hybridized carbons (Fsp3) is 0.481. The van der Waals surface area contributed by atoms with E-state index >= 15 is 0 Å². The van der Waals surface area contributed by atoms with Gasteiger partial charge in [-0.1, -0.05) is 55.5 Å². The molecule has 1 aliphatic carbocycles. The number of rotatable bonds is 6. The molecule has 7 heteroatoms. The lowest BCUT2D eigenvalue weighted by Crippen LogP contribution is -2.52. The van der Waals surface area contributed by atoms with Crippen LogP contribution >= 0.6 is 11.8 Å². The number of aryl methyl sites for hydroxylation is 1. The summed E-state index contributed by atoms with van der Waals surface area (Å²) in [6.45, 7) is 2.09. The number of hydrogen-bond acceptors (Lipinski definition) is 5. The fourth-order valence-corrected chi connectivity index (χ4v) is 5.43. The molecule has 0 saturated carbocycles. The van der Waals surface area contributed by atoms with Crippen molar-refractivity contribution in [2.75, 3.05) is 6.26 Å². The van der Waals surface area contributed by atoms with Gasteiger partial charge in [-0.25, -0.2) is 8.78 Å². The first-order chi connectivity index (χ1) is 16.2. The van der Waals surface area contributed by atoms with Crippen LogP contribution in [0.3, 0.4) is 0 Å². The number of halogens is 2. The third-order valence-corrected chi connectivity index (χ3v) is 7.72. The van der Waals surface area contributed by atoms with E-state index in [0.29, 0.717) is 12.8 Å². The topological polar surface area (TPSA) is 69.9 Å². The molecule has 5 atom stereocenters. The first-order valence-electron chi connectivity index (χ1n) is 11.7. The summed E-state index contributed by atoms with van der Waals surface area (Å²) < 4.78 is 32.8. The molecule has 2 aromatic rings. The smallest absolute Gasteiger partial charge is 0.251 e. The van der Waals surface area contributed by atoms with Crippen LogP contribution in [0, 0.1) is 0 Å². The van der Waals surface area contributed by atoms with Crippen LogP contribution in [-0.2, 0) is 17.6 Å². The van der Waals surface area contributed by atoms with Gasteiger partial charge in [0.05, 0.1) is 0 Å². The van der Waals surface area contributed by atoms with E-state index < -0.39 is 35.8 Å². The van der Waals surface area contributed by atoms with Crippen LogP contribution in [0.1, 0.15) is 60.1 Å². The summed E-state index contributed by atoms with van der Waals surface area (Å²) in [5.74, 6) is -2.59. The lowest BCUT2D eigenvalue weighted by molar-refractivity contribution is -0.200. The number of alkyl halides is 2. The average Bonchev–Trinajstić information content (AvgIpc) is 2.83. The molecule has 3 N–H and O–H groups in total. The molecule has 1 fully saturated rings. The highest BCUT2D eigenvalue weighted by molar-refractivity contribution is 7.99. The van der Waals surface area contributed by atoms with Crippen molar-refractivity contribution >= 4 is 17.3 Å². The van der Waals surface area contributed by atoms with Crippen molar-refractivity contribution in [1.82, 2.24) is 0 Å². The van der Waals surface area contributed by atoms with E-state index in [1.807, 2.05) is 42.5 Å². The van der Waals surface area contributed by atoms with Gasteiger partial charge in [0.1, 0.15) is 29.9 Å². The summed E-state index contributed by atoms with van der Waals surface area (Å²) in [7, 11) is 0. The quantitative estimate of drug-likeness (QED) is 0.538. The molecule has 1 saturated heterocycles. The van der Waals surface area contributed by atoms with Crippen LogP contribution in [0.25, 0.3) is 5.57 Å². The maximum absolute atomic E-state index is 13.4. The number of hydrogen-bond donors (Lipinski definition) is 3. The monoisotopic (exact) mass is 490 g/mol. The van der Waals surface area contributed by atoms with Crippen LogP contribution in [-0.4, -0.2) is 51.2 Å². The Morgan fingerprint density at radius 3 is 2.35 bits per heavy atom. The highest BCUT2D eigenvalue weighted by Crippen LogP contribution is 2.38. The highest BCUT2D eigenvalue weighted by Gasteiger charge is 2.44. The Labute approximate surface area is 203 Å². The van der Waals surface area contributed by atoms with Crippen LogP contribution in [0.2, 0.25) is 0 Å². The Kier molecular flexibility index (Phi) is 7.79. The Morgan fingerprint density at radius 1 is 1.00 bits per heavy atom. The van der Waals surface area contributed by atoms with Crippen LogP contribution in [0.5, 0.6) is 0 Å². The largest absolute Gasteiger partial charge is 0.387 e. The van der Waals surface area contributed by atoms with Gasteiger partial charge in [0, 0.05) is 12.8 Å². The van der Waals surface area contributed by atoms with Crippen molar-refractivity contribution in [3.8, 4) is 0 Å². The van der Waals surface area contributed by atoms with E-state index in [-0.39, 0.29) is 12.8 Å². The summed E-state index contributed by atoms with van der Waals surface area (Å²) in [5, 5.41) is 31.0. The van der Waals surface area contributed by atoms with E-state index in [1.165, 1.54) is 17.3 Å². The average molecular weight is 491 g/mol. The molecule has 2 aromatic carbocycles. The lowest BCUT2D eigenvalue weighted by atomic mass is 9.89. The molecule has 184 valence electrons. The van der Waals surface area contributed by atoms with Crippen molar-refractivity contribution in [2.45, 2.75) is 74.8 Å². The molecule has 0 aromatic heterocycles. The van der Waals surface area contributed by atoms with Gasteiger partial charge < -0.3 is 20.1 Å². The van der Waals surface area contributed by atoms with Crippen molar-refractivity contribution in [3.05, 3.63) is 76.4 Å². The van der Waals surface area contributed by atoms with Gasteiger partial charge in [0.2, 0.25) is 0 Å². The molecule has 0 spiro atoms. The maximum Gasteiger partial charge on any atom is 0.251 e. The summed E-state index contributed by atoms with van der Waals surface area (Å²) >= 11 is 1.30. The van der Waals surface area contributed by atoms with E-state index in [2.05, 4.69) is 6.92 Å². The molecular formula is C27H32F2O4S. The van der Waals surface area contributed by atoms with Crippen molar-refractivity contribution in [2.24, 2.45) is 0 Å². The third-order valence-electron chi connectivity index (χ3n) is 6.87. The van der Waals surface area contributed by atoms with Gasteiger partial charge in [-0.05, 0) is 58.9 Å². The zero-order valence-electron chi connectivity index (χ0n) is 19.5. The van der Waals surface area contributed by atoms with E-state index in [4.69, 9.17) is 4.74 Å². The molecule has 1 unspecified atom stereocenters. The predicted molar refractivity (Wildman–Crippen MR) is 131 cm³/mol. The van der Waals surface area contributed by atoms with Crippen LogP contribution in [0.4, 0.5) is 8.78 Å². The zero-order chi connectivity index (χ0) is 24.5. The van der Waals surface area contributed by atoms with Gasteiger partial charge in [-0.3, -0.25) is 0 Å². The first-order valence-corrected chi connectivity index (χ1v) is 13.0. The van der Waals surface area contributed by atoms with Crippen LogP contribution < -0.4 is 0 Å². The zero-order valence-corrected chi connectivity index (χ0v) is 20.3. The number of aliphatic hydroxyl groups excluding tert-OH is 3. The fourth-order valence-electron chi connectivity index (χ4n) is 4.76. The molecule has 2 aliphatic rings. The Hall–Kier alpha value is -1.77. The van der Waals surface area contributed by atoms with Gasteiger partial charge in [0.15, 0.2) is 0 Å². The summed E-state index contributed by atoms with van der Waals surface area (Å²) in [6, 6.07) is 14.0. The summed E-state index contributed by atoms with van der Waals surface area (Å²) in [4.78, 5) is 0. The van der Waals surface area contributed by atoms with E-state index in [1.54, 1.807) is 12.3 Å². The normalized spacial score (nSPS) is 29.0. The SMILES string of the molecule is CCc1ccc(C2O[C@H](SC)[C@@H](O)[C@H](O)[C@H]2O)cc1Cc1ccc(C2=CCC(F)(F)CC2)cc1. The molecule has 34 heavy (non-hydrogen) atoms. The molecule has 4 rings (SSSR count). The van der Waals surface area contributed by atoms with Gasteiger partial charge in [0.25, 0.3) is 5.92 Å². The Morgan fingerprint density at radius 2 is 1.74 bits per heavy atom. The maximum atomic E-state index is 13.4. The molecule has 0 radical (unpaired) electrons. The molecule has 1 heterocycles. The van der Waals surface area contributed by atoms with Crippen molar-refractivity contribution < 1.29 is 28.8 Å². The van der Waals surface area contributed by atoms with Gasteiger partial charge in [-0.2, -0.15) is 0 Å². The highest BCUT2D eigenvalue weighted by atomic mass is 32.2. The molecule has 1 aliphatic heterocycles. The number of aliphatic hydroxyl groups is 3. The third kappa shape index (κ3) is 5.39. The number of thioether (sulfide) groups is 1. The summed E-state index contributed by atoms with van der Waals surface area (Å²) in [5.41, 5.74) is 5.46. The predicted octanol–water partition coefficient (Wildman–Crippen LogP) is 4.89. The minimum absolute atomic E-state index is 0.106. The number of allylic oxidation sites excluding steroid dienone is 2. The van der Waals surface area contributed by atoms with Crippen molar-refractivity contribution in [3.63, 3.8) is 0 Å². The summed E-state index contributed by atoms with van der Waals surface area (Å²) in [6.07, 6.45) is 0.640. The van der Waals surface area contributed by atoms with Gasteiger partial charge >= 0.3 is 0 Å². The molecule has 4 nitrogen and oxygen atoms in total. The molecule has 0 bridgehead atoms. The van der Waals surface area contributed by atoms with Gasteiger partial charge in [-0.15, -0.1) is 11.8 Å². The van der Waals surface area contributed by atoms with Crippen molar-refractivity contribution in [1.29, 1.82) is 0 Å². The second kappa shape index (κ2) is 10.5. The second-order valence-electron chi connectivity index (χ2n) is 9.18. The number of ether oxygens (including phenoxy) is 1. The number of benzene rings is 2. The molecule has 0 amide bonds. The Balaban J connectivity index is 1.54.